The van der Waals surface area contributed by atoms with E-state index < -0.39 is 0 Å². The normalized spacial score (nSPS) is 9.62. The zero-order chi connectivity index (χ0) is 15.1. The van der Waals surface area contributed by atoms with Crippen molar-refractivity contribution >= 4 is 5.91 Å². The van der Waals surface area contributed by atoms with E-state index in [-0.39, 0.29) is 5.91 Å². The van der Waals surface area contributed by atoms with Gasteiger partial charge in [-0.3, -0.25) is 9.78 Å². The average molecular weight is 279 g/mol. The van der Waals surface area contributed by atoms with Gasteiger partial charge in [-0.1, -0.05) is 36.1 Å². The third-order valence-corrected chi connectivity index (χ3v) is 2.98. The first-order chi connectivity index (χ1) is 10.2. The van der Waals surface area contributed by atoms with Gasteiger partial charge in [-0.2, -0.15) is 0 Å². The molecule has 0 atom stereocenters. The summed E-state index contributed by atoms with van der Waals surface area (Å²) in [5.74, 6) is 5.76. The first-order valence-corrected chi connectivity index (χ1v) is 6.65. The lowest BCUT2D eigenvalue weighted by atomic mass is 10.1. The lowest BCUT2D eigenvalue weighted by Gasteiger charge is -2.17. The van der Waals surface area contributed by atoms with Crippen molar-refractivity contribution in [2.24, 2.45) is 5.73 Å². The summed E-state index contributed by atoms with van der Waals surface area (Å²) in [6, 6.07) is 13.0. The molecule has 0 radical (unpaired) electrons. The van der Waals surface area contributed by atoms with Gasteiger partial charge in [-0.05, 0) is 23.8 Å². The first kappa shape index (κ1) is 14.8. The summed E-state index contributed by atoms with van der Waals surface area (Å²) in [6.45, 7) is 0.794. The van der Waals surface area contributed by atoms with Crippen molar-refractivity contribution in [1.29, 1.82) is 0 Å². The van der Waals surface area contributed by atoms with E-state index in [9.17, 15) is 4.79 Å². The molecule has 0 spiro atoms. The predicted molar refractivity (Wildman–Crippen MR) is 82.4 cm³/mol. The number of benzene rings is 1. The van der Waals surface area contributed by atoms with Crippen molar-refractivity contribution in [3.05, 3.63) is 65.5 Å². The highest BCUT2D eigenvalue weighted by atomic mass is 16.2. The summed E-state index contributed by atoms with van der Waals surface area (Å²) < 4.78 is 0. The van der Waals surface area contributed by atoms with Gasteiger partial charge in [0.15, 0.2) is 0 Å². The minimum atomic E-state index is -0.114. The maximum atomic E-state index is 12.3. The molecular formula is C17H17N3O. The number of nitrogens with two attached hydrogens (primary N) is 1. The third-order valence-electron chi connectivity index (χ3n) is 2.98. The monoisotopic (exact) mass is 279 g/mol. The van der Waals surface area contributed by atoms with Gasteiger partial charge in [0.1, 0.15) is 5.69 Å². The number of amides is 1. The van der Waals surface area contributed by atoms with Crippen LogP contribution in [0.2, 0.25) is 0 Å². The number of carbonyl (C=O) groups is 1. The second-order valence-corrected chi connectivity index (χ2v) is 4.54. The quantitative estimate of drug-likeness (QED) is 0.869. The first-order valence-electron chi connectivity index (χ1n) is 6.65. The number of carbonyl (C=O) groups excluding carboxylic acids is 1. The Morgan fingerprint density at radius 1 is 1.24 bits per heavy atom. The smallest absolute Gasteiger partial charge is 0.272 e. The van der Waals surface area contributed by atoms with Crippen molar-refractivity contribution in [2.75, 3.05) is 13.6 Å². The van der Waals surface area contributed by atoms with Gasteiger partial charge in [-0.25, -0.2) is 0 Å². The summed E-state index contributed by atoms with van der Waals surface area (Å²) in [7, 11) is 1.75. The molecule has 4 heteroatoms. The summed E-state index contributed by atoms with van der Waals surface area (Å²) >= 11 is 0. The van der Waals surface area contributed by atoms with Crippen LogP contribution >= 0.6 is 0 Å². The Hall–Kier alpha value is -2.64. The van der Waals surface area contributed by atoms with E-state index in [0.29, 0.717) is 18.8 Å². The maximum absolute atomic E-state index is 12.3. The molecule has 0 aliphatic carbocycles. The lowest BCUT2D eigenvalue weighted by molar-refractivity contribution is 0.0779. The highest BCUT2D eigenvalue weighted by Crippen LogP contribution is 2.11. The van der Waals surface area contributed by atoms with Crippen molar-refractivity contribution in [2.45, 2.75) is 6.54 Å². The van der Waals surface area contributed by atoms with Crippen LogP contribution in [0.5, 0.6) is 0 Å². The van der Waals surface area contributed by atoms with Gasteiger partial charge in [0.25, 0.3) is 5.91 Å². The van der Waals surface area contributed by atoms with Crippen LogP contribution in [0, 0.1) is 11.8 Å². The molecule has 0 bridgehead atoms. The van der Waals surface area contributed by atoms with Crippen LogP contribution in [-0.4, -0.2) is 29.4 Å². The van der Waals surface area contributed by atoms with E-state index in [4.69, 9.17) is 5.73 Å². The number of rotatable bonds is 3. The Bertz CT molecular complexity index is 671. The summed E-state index contributed by atoms with van der Waals surface area (Å²) in [4.78, 5) is 18.0. The minimum Gasteiger partial charge on any atom is -0.336 e. The fourth-order valence-electron chi connectivity index (χ4n) is 1.94. The molecule has 0 unspecified atom stereocenters. The van der Waals surface area contributed by atoms with E-state index in [1.54, 1.807) is 36.3 Å². The summed E-state index contributed by atoms with van der Waals surface area (Å²) in [5.41, 5.74) is 7.72. The largest absolute Gasteiger partial charge is 0.336 e. The van der Waals surface area contributed by atoms with Crippen LogP contribution in [0.4, 0.5) is 0 Å². The molecule has 0 saturated carbocycles. The summed E-state index contributed by atoms with van der Waals surface area (Å²) in [6.07, 6.45) is 1.61. The Morgan fingerprint density at radius 2 is 2.00 bits per heavy atom. The van der Waals surface area contributed by atoms with E-state index in [1.165, 1.54) is 0 Å². The number of hydrogen-bond donors (Lipinski definition) is 1. The van der Waals surface area contributed by atoms with E-state index in [2.05, 4.69) is 16.8 Å². The molecule has 2 aromatic rings. The summed E-state index contributed by atoms with van der Waals surface area (Å²) in [5, 5.41) is 0. The van der Waals surface area contributed by atoms with Crippen LogP contribution in [0.3, 0.4) is 0 Å². The van der Waals surface area contributed by atoms with Crippen molar-refractivity contribution < 1.29 is 4.79 Å². The van der Waals surface area contributed by atoms with Crippen LogP contribution < -0.4 is 5.73 Å². The maximum Gasteiger partial charge on any atom is 0.272 e. The minimum absolute atomic E-state index is 0.114. The Morgan fingerprint density at radius 3 is 2.71 bits per heavy atom. The number of hydrogen-bond acceptors (Lipinski definition) is 3. The number of aromatic nitrogens is 1. The zero-order valence-electron chi connectivity index (χ0n) is 11.9. The van der Waals surface area contributed by atoms with Gasteiger partial charge in [0, 0.05) is 25.4 Å². The fraction of sp³-hybridized carbons (Fsp3) is 0.176. The molecule has 106 valence electrons. The van der Waals surface area contributed by atoms with Crippen molar-refractivity contribution in [3.8, 4) is 11.8 Å². The molecule has 4 nitrogen and oxygen atoms in total. The molecule has 0 aliphatic heterocycles. The molecule has 21 heavy (non-hydrogen) atoms. The second kappa shape index (κ2) is 7.22. The Balaban J connectivity index is 2.16. The van der Waals surface area contributed by atoms with Crippen molar-refractivity contribution in [3.63, 3.8) is 0 Å². The Labute approximate surface area is 124 Å². The topological polar surface area (TPSA) is 59.2 Å². The van der Waals surface area contributed by atoms with E-state index in [0.717, 1.165) is 11.1 Å². The Kier molecular flexibility index (Phi) is 5.08. The zero-order valence-corrected chi connectivity index (χ0v) is 11.9. The van der Waals surface area contributed by atoms with E-state index >= 15 is 0 Å². The highest BCUT2D eigenvalue weighted by molar-refractivity contribution is 5.92. The molecule has 2 N–H and O–H groups in total. The van der Waals surface area contributed by atoms with Crippen LogP contribution in [0.15, 0.2) is 48.7 Å². The van der Waals surface area contributed by atoms with Gasteiger partial charge >= 0.3 is 0 Å². The molecule has 0 aliphatic rings. The lowest BCUT2D eigenvalue weighted by Crippen LogP contribution is -2.27. The van der Waals surface area contributed by atoms with Gasteiger partial charge < -0.3 is 10.6 Å². The highest BCUT2D eigenvalue weighted by Gasteiger charge is 2.13. The van der Waals surface area contributed by atoms with Crippen LogP contribution in [0.25, 0.3) is 0 Å². The average Bonchev–Trinajstić information content (AvgIpc) is 2.54. The third kappa shape index (κ3) is 3.91. The standard InChI is InChI=1S/C17H17N3O/c1-20(17(21)16-10-4-5-12-19-16)13-15-8-3-2-7-14(15)9-6-11-18/h2-5,7-8,10,12H,11,13,18H2,1H3. The molecule has 0 saturated heterocycles. The van der Waals surface area contributed by atoms with E-state index in [1.807, 2.05) is 24.3 Å². The molecule has 1 aromatic carbocycles. The molecule has 0 fully saturated rings. The molecule has 1 heterocycles. The van der Waals surface area contributed by atoms with Gasteiger partial charge in [0.05, 0.1) is 6.54 Å². The molecular weight excluding hydrogens is 262 g/mol. The fourth-order valence-corrected chi connectivity index (χ4v) is 1.94. The number of pyridine rings is 1. The van der Waals surface area contributed by atoms with Gasteiger partial charge in [-0.15, -0.1) is 0 Å². The number of nitrogens with zero attached hydrogens (tertiary/aromatic N) is 2. The predicted octanol–water partition coefficient (Wildman–Crippen LogP) is 1.66. The van der Waals surface area contributed by atoms with Crippen LogP contribution in [-0.2, 0) is 6.54 Å². The molecule has 1 aromatic heterocycles. The SMILES string of the molecule is CN(Cc1ccccc1C#CCN)C(=O)c1ccccn1. The molecule has 2 rings (SSSR count). The second-order valence-electron chi connectivity index (χ2n) is 4.54. The van der Waals surface area contributed by atoms with Gasteiger partial charge in [0.2, 0.25) is 0 Å². The molecule has 1 amide bonds. The van der Waals surface area contributed by atoms with Crippen LogP contribution in [0.1, 0.15) is 21.6 Å². The van der Waals surface area contributed by atoms with Crippen molar-refractivity contribution in [1.82, 2.24) is 9.88 Å².